The molecule has 0 aliphatic heterocycles. The molecular weight excluding hydrogens is 174 g/mol. The highest BCUT2D eigenvalue weighted by atomic mass is 16.3. The molecule has 0 fully saturated rings. The fraction of sp³-hybridized carbons (Fsp3) is 0.417. The average molecular weight is 189 g/mol. The highest BCUT2D eigenvalue weighted by Gasteiger charge is 2.28. The van der Waals surface area contributed by atoms with Gasteiger partial charge in [0.1, 0.15) is 0 Å². The molecule has 14 heavy (non-hydrogen) atoms. The van der Waals surface area contributed by atoms with Gasteiger partial charge in [-0.25, -0.2) is 0 Å². The van der Waals surface area contributed by atoms with Gasteiger partial charge in [-0.3, -0.25) is 0 Å². The lowest BCUT2D eigenvalue weighted by molar-refractivity contribution is 0.0868. The molecule has 2 heteroatoms. The Kier molecular flexibility index (Phi) is 2.93. The first-order chi connectivity index (χ1) is 6.47. The van der Waals surface area contributed by atoms with Gasteiger partial charge < -0.3 is 5.11 Å². The summed E-state index contributed by atoms with van der Waals surface area (Å²) < 4.78 is 0. The number of benzene rings is 1. The van der Waals surface area contributed by atoms with Crippen LogP contribution >= 0.6 is 0 Å². The van der Waals surface area contributed by atoms with Crippen LogP contribution in [-0.2, 0) is 0 Å². The van der Waals surface area contributed by atoms with Gasteiger partial charge >= 0.3 is 0 Å². The van der Waals surface area contributed by atoms with Gasteiger partial charge in [-0.15, -0.1) is 0 Å². The zero-order chi connectivity index (χ0) is 10.8. The second-order valence-electron chi connectivity index (χ2n) is 4.15. The molecule has 0 heterocycles. The van der Waals surface area contributed by atoms with Crippen molar-refractivity contribution in [2.75, 3.05) is 0 Å². The Hall–Kier alpha value is -1.33. The minimum atomic E-state index is -0.741. The van der Waals surface area contributed by atoms with Gasteiger partial charge in [0, 0.05) is 0 Å². The van der Waals surface area contributed by atoms with E-state index in [0.29, 0.717) is 0 Å². The van der Waals surface area contributed by atoms with Crippen molar-refractivity contribution >= 4 is 0 Å². The van der Waals surface area contributed by atoms with Gasteiger partial charge in [0.2, 0.25) is 0 Å². The summed E-state index contributed by atoms with van der Waals surface area (Å²) in [6, 6.07) is 9.70. The first-order valence-electron chi connectivity index (χ1n) is 4.63. The van der Waals surface area contributed by atoms with E-state index in [1.54, 1.807) is 13.8 Å². The molecule has 0 radical (unpaired) electrons. The van der Waals surface area contributed by atoms with Crippen LogP contribution in [0.4, 0.5) is 0 Å². The van der Waals surface area contributed by atoms with Crippen LogP contribution in [0, 0.1) is 23.7 Å². The number of nitriles is 1. The molecule has 2 nitrogen and oxygen atoms in total. The van der Waals surface area contributed by atoms with E-state index < -0.39 is 11.5 Å². The maximum atomic E-state index is 9.92. The molecule has 1 aromatic rings. The number of rotatable bonds is 2. The monoisotopic (exact) mass is 189 g/mol. The summed E-state index contributed by atoms with van der Waals surface area (Å²) in [5.41, 5.74) is 1.20. The number of nitrogens with zero attached hydrogens (tertiary/aromatic N) is 1. The van der Waals surface area contributed by atoms with E-state index in [2.05, 4.69) is 6.07 Å². The standard InChI is InChI=1S/C12H15NO/c1-9-4-6-10(7-5-9)11(14)12(2,3)8-13/h4-7,11,14H,1-3H3/t11-/m1/s1. The van der Waals surface area contributed by atoms with Crippen LogP contribution in [0.3, 0.4) is 0 Å². The van der Waals surface area contributed by atoms with Gasteiger partial charge in [0.25, 0.3) is 0 Å². The molecule has 74 valence electrons. The van der Waals surface area contributed by atoms with Gasteiger partial charge in [0.05, 0.1) is 17.6 Å². The summed E-state index contributed by atoms with van der Waals surface area (Å²) in [5, 5.41) is 18.8. The van der Waals surface area contributed by atoms with E-state index in [0.717, 1.165) is 11.1 Å². The highest BCUT2D eigenvalue weighted by molar-refractivity contribution is 5.25. The Labute approximate surface area is 84.8 Å². The zero-order valence-electron chi connectivity index (χ0n) is 8.78. The Morgan fingerprint density at radius 2 is 1.79 bits per heavy atom. The van der Waals surface area contributed by atoms with E-state index in [1.165, 1.54) is 0 Å². The third-order valence-corrected chi connectivity index (χ3v) is 2.36. The van der Waals surface area contributed by atoms with Gasteiger partial charge in [-0.2, -0.15) is 5.26 Å². The van der Waals surface area contributed by atoms with E-state index in [1.807, 2.05) is 31.2 Å². The largest absolute Gasteiger partial charge is 0.387 e. The van der Waals surface area contributed by atoms with Crippen LogP contribution in [0.15, 0.2) is 24.3 Å². The van der Waals surface area contributed by atoms with E-state index in [4.69, 9.17) is 5.26 Å². The van der Waals surface area contributed by atoms with Crippen LogP contribution in [0.5, 0.6) is 0 Å². The third kappa shape index (κ3) is 2.12. The summed E-state index contributed by atoms with van der Waals surface area (Å²) in [6.07, 6.45) is -0.729. The summed E-state index contributed by atoms with van der Waals surface area (Å²) in [6.45, 7) is 5.46. The SMILES string of the molecule is Cc1ccc([C@@H](O)C(C)(C)C#N)cc1. The lowest BCUT2D eigenvalue weighted by Gasteiger charge is -2.23. The number of aryl methyl sites for hydroxylation is 1. The van der Waals surface area contributed by atoms with Crippen LogP contribution in [0.2, 0.25) is 0 Å². The zero-order valence-corrected chi connectivity index (χ0v) is 8.78. The van der Waals surface area contributed by atoms with E-state index in [-0.39, 0.29) is 0 Å². The van der Waals surface area contributed by atoms with Gasteiger partial charge in [-0.1, -0.05) is 29.8 Å². The molecule has 0 amide bonds. The van der Waals surface area contributed by atoms with Gasteiger partial charge in [-0.05, 0) is 26.3 Å². The predicted molar refractivity (Wildman–Crippen MR) is 55.5 cm³/mol. The van der Waals surface area contributed by atoms with Crippen molar-refractivity contribution in [3.05, 3.63) is 35.4 Å². The van der Waals surface area contributed by atoms with Crippen LogP contribution in [0.25, 0.3) is 0 Å². The number of aliphatic hydroxyl groups is 1. The smallest absolute Gasteiger partial charge is 0.0970 e. The van der Waals surface area contributed by atoms with Crippen molar-refractivity contribution in [1.82, 2.24) is 0 Å². The average Bonchev–Trinajstić information content (AvgIpc) is 2.18. The fourth-order valence-corrected chi connectivity index (χ4v) is 1.23. The first kappa shape index (κ1) is 10.7. The predicted octanol–water partition coefficient (Wildman–Crippen LogP) is 2.58. The van der Waals surface area contributed by atoms with Gasteiger partial charge in [0.15, 0.2) is 0 Å². The Balaban J connectivity index is 2.96. The first-order valence-corrected chi connectivity index (χ1v) is 4.63. The molecule has 1 atom stereocenters. The molecule has 0 unspecified atom stereocenters. The molecule has 0 saturated carbocycles. The topological polar surface area (TPSA) is 44.0 Å². The van der Waals surface area contributed by atoms with Crippen molar-refractivity contribution in [3.8, 4) is 6.07 Å². The molecule has 0 saturated heterocycles. The van der Waals surface area contributed by atoms with Crippen LogP contribution in [-0.4, -0.2) is 5.11 Å². The second-order valence-corrected chi connectivity index (χ2v) is 4.15. The van der Waals surface area contributed by atoms with Crippen LogP contribution in [0.1, 0.15) is 31.1 Å². The Morgan fingerprint density at radius 3 is 2.21 bits per heavy atom. The highest BCUT2D eigenvalue weighted by Crippen LogP contribution is 2.32. The van der Waals surface area contributed by atoms with Crippen molar-refractivity contribution < 1.29 is 5.11 Å². The van der Waals surface area contributed by atoms with E-state index in [9.17, 15) is 5.11 Å². The molecule has 0 aromatic heterocycles. The summed E-state index contributed by atoms with van der Waals surface area (Å²) in [7, 11) is 0. The Morgan fingerprint density at radius 1 is 1.29 bits per heavy atom. The quantitative estimate of drug-likeness (QED) is 0.777. The summed E-state index contributed by atoms with van der Waals surface area (Å²) in [4.78, 5) is 0. The molecule has 0 aliphatic rings. The number of aliphatic hydroxyl groups excluding tert-OH is 1. The molecular formula is C12H15NO. The Bertz CT molecular complexity index is 346. The maximum Gasteiger partial charge on any atom is 0.0970 e. The third-order valence-electron chi connectivity index (χ3n) is 2.36. The molecule has 1 rings (SSSR count). The van der Waals surface area contributed by atoms with E-state index >= 15 is 0 Å². The summed E-state index contributed by atoms with van der Waals surface area (Å²) >= 11 is 0. The van der Waals surface area contributed by atoms with Crippen molar-refractivity contribution in [2.45, 2.75) is 26.9 Å². The number of hydrogen-bond acceptors (Lipinski definition) is 2. The lowest BCUT2D eigenvalue weighted by Crippen LogP contribution is -2.19. The fourth-order valence-electron chi connectivity index (χ4n) is 1.23. The molecule has 0 aliphatic carbocycles. The van der Waals surface area contributed by atoms with Crippen molar-refractivity contribution in [1.29, 1.82) is 5.26 Å². The number of hydrogen-bond donors (Lipinski definition) is 1. The summed E-state index contributed by atoms with van der Waals surface area (Å²) in [5.74, 6) is 0. The molecule has 1 N–H and O–H groups in total. The van der Waals surface area contributed by atoms with Crippen molar-refractivity contribution in [3.63, 3.8) is 0 Å². The minimum Gasteiger partial charge on any atom is -0.387 e. The molecule has 1 aromatic carbocycles. The molecule has 0 spiro atoms. The molecule has 0 bridgehead atoms. The maximum absolute atomic E-state index is 9.92. The minimum absolute atomic E-state index is 0.729. The normalized spacial score (nSPS) is 13.4. The van der Waals surface area contributed by atoms with Crippen molar-refractivity contribution in [2.24, 2.45) is 5.41 Å². The van der Waals surface area contributed by atoms with Crippen LogP contribution < -0.4 is 0 Å². The lowest BCUT2D eigenvalue weighted by atomic mass is 9.84. The second kappa shape index (κ2) is 3.81.